The van der Waals surface area contributed by atoms with E-state index < -0.39 is 0 Å². The molecule has 1 heterocycles. The molecule has 4 rings (SSSR count). The number of benzene rings is 3. The van der Waals surface area contributed by atoms with Crippen LogP contribution in [0.4, 0.5) is 0 Å². The summed E-state index contributed by atoms with van der Waals surface area (Å²) >= 11 is 3.56. The van der Waals surface area contributed by atoms with Gasteiger partial charge >= 0.3 is 0 Å². The number of para-hydroxylation sites is 1. The maximum atomic E-state index is 10.4. The molecule has 1 aliphatic heterocycles. The van der Waals surface area contributed by atoms with E-state index in [1.54, 1.807) is 6.07 Å². The van der Waals surface area contributed by atoms with Gasteiger partial charge in [-0.1, -0.05) is 76.1 Å². The van der Waals surface area contributed by atoms with E-state index in [0.29, 0.717) is 5.75 Å². The Balaban J connectivity index is 1.76. The molecule has 3 aromatic carbocycles. The molecule has 3 nitrogen and oxygen atoms in total. The van der Waals surface area contributed by atoms with Crippen LogP contribution in [0.3, 0.4) is 0 Å². The lowest BCUT2D eigenvalue weighted by atomic mass is 9.97. The van der Waals surface area contributed by atoms with Gasteiger partial charge in [0.2, 0.25) is 0 Å². The Morgan fingerprint density at radius 2 is 1.70 bits per heavy atom. The van der Waals surface area contributed by atoms with Gasteiger partial charge in [-0.2, -0.15) is 0 Å². The van der Waals surface area contributed by atoms with Crippen LogP contribution in [0.1, 0.15) is 34.5 Å². The molecule has 0 spiro atoms. The van der Waals surface area contributed by atoms with Crippen LogP contribution in [-0.4, -0.2) is 5.11 Å². The highest BCUT2D eigenvalue weighted by molar-refractivity contribution is 9.10. The number of aromatic hydroxyl groups is 1. The highest BCUT2D eigenvalue weighted by atomic mass is 79.9. The number of halogens is 1. The van der Waals surface area contributed by atoms with Gasteiger partial charge in [0.15, 0.2) is 0 Å². The third-order valence-electron chi connectivity index (χ3n) is 4.80. The molecule has 0 saturated carbocycles. The normalized spacial score (nSPS) is 19.3. The van der Waals surface area contributed by atoms with Crippen molar-refractivity contribution in [3.63, 3.8) is 0 Å². The maximum absolute atomic E-state index is 10.4. The monoisotopic (exact) mass is 420 g/mol. The molecule has 2 unspecified atom stereocenters. The molecular weight excluding hydrogens is 400 g/mol. The van der Waals surface area contributed by atoms with Crippen molar-refractivity contribution >= 4 is 21.6 Å². The van der Waals surface area contributed by atoms with E-state index in [1.807, 2.05) is 30.3 Å². The largest absolute Gasteiger partial charge is 0.508 e. The summed E-state index contributed by atoms with van der Waals surface area (Å²) in [5, 5.41) is 17.6. The van der Waals surface area contributed by atoms with Crippen molar-refractivity contribution in [1.29, 1.82) is 0 Å². The molecule has 0 radical (unpaired) electrons. The molecule has 0 aliphatic carbocycles. The zero-order chi connectivity index (χ0) is 18.8. The fourth-order valence-electron chi connectivity index (χ4n) is 3.34. The quantitative estimate of drug-likeness (QED) is 0.528. The summed E-state index contributed by atoms with van der Waals surface area (Å²) in [6.07, 6.45) is 2.07. The molecular formula is C23H21BrN2O. The van der Waals surface area contributed by atoms with Crippen molar-refractivity contribution in [1.82, 2.24) is 10.6 Å². The second-order valence-electron chi connectivity index (χ2n) is 6.78. The molecule has 0 saturated heterocycles. The first kappa shape index (κ1) is 17.8. The van der Waals surface area contributed by atoms with Crippen LogP contribution in [0.15, 0.2) is 83.3 Å². The molecule has 3 aromatic rings. The van der Waals surface area contributed by atoms with Crippen LogP contribution < -0.4 is 10.6 Å². The lowest BCUT2D eigenvalue weighted by Crippen LogP contribution is -2.39. The summed E-state index contributed by atoms with van der Waals surface area (Å²) in [5.74, 6) is 0.296. The minimum absolute atomic E-state index is 0.0609. The summed E-state index contributed by atoms with van der Waals surface area (Å²) in [6.45, 7) is 2.09. The van der Waals surface area contributed by atoms with Crippen molar-refractivity contribution in [3.05, 3.63) is 106 Å². The van der Waals surface area contributed by atoms with Gasteiger partial charge in [-0.3, -0.25) is 5.32 Å². The van der Waals surface area contributed by atoms with Crippen molar-refractivity contribution in [2.45, 2.75) is 19.1 Å². The van der Waals surface area contributed by atoms with E-state index in [2.05, 4.69) is 76.0 Å². The van der Waals surface area contributed by atoms with Crippen LogP contribution >= 0.6 is 15.9 Å². The summed E-state index contributed by atoms with van der Waals surface area (Å²) in [5.41, 5.74) is 5.39. The zero-order valence-electron chi connectivity index (χ0n) is 15.0. The van der Waals surface area contributed by atoms with Crippen molar-refractivity contribution < 1.29 is 5.11 Å². The summed E-state index contributed by atoms with van der Waals surface area (Å²) < 4.78 is 1.03. The lowest BCUT2D eigenvalue weighted by Gasteiger charge is -2.33. The lowest BCUT2D eigenvalue weighted by molar-refractivity contribution is 0.419. The van der Waals surface area contributed by atoms with Crippen LogP contribution in [0, 0.1) is 6.92 Å². The van der Waals surface area contributed by atoms with Gasteiger partial charge in [0.05, 0.1) is 6.04 Å². The third kappa shape index (κ3) is 3.92. The van der Waals surface area contributed by atoms with Gasteiger partial charge < -0.3 is 10.4 Å². The second kappa shape index (κ2) is 7.59. The molecule has 3 N–H and O–H groups in total. The molecule has 2 atom stereocenters. The van der Waals surface area contributed by atoms with E-state index in [0.717, 1.165) is 26.9 Å². The van der Waals surface area contributed by atoms with Gasteiger partial charge in [-0.05, 0) is 42.3 Å². The Bertz CT molecular complexity index is 982. The van der Waals surface area contributed by atoms with E-state index in [1.165, 1.54) is 5.56 Å². The van der Waals surface area contributed by atoms with E-state index in [4.69, 9.17) is 0 Å². The molecule has 0 amide bonds. The Labute approximate surface area is 167 Å². The van der Waals surface area contributed by atoms with Gasteiger partial charge in [0, 0.05) is 15.7 Å². The summed E-state index contributed by atoms with van der Waals surface area (Å²) in [6, 6.07) is 24.1. The van der Waals surface area contributed by atoms with Crippen molar-refractivity contribution in [3.8, 4) is 5.75 Å². The highest BCUT2D eigenvalue weighted by Crippen LogP contribution is 2.33. The highest BCUT2D eigenvalue weighted by Gasteiger charge is 2.25. The number of aryl methyl sites for hydroxylation is 1. The number of hydrogen-bond acceptors (Lipinski definition) is 3. The second-order valence-corrected chi connectivity index (χ2v) is 7.70. The number of rotatable bonds is 3. The predicted molar refractivity (Wildman–Crippen MR) is 113 cm³/mol. The Morgan fingerprint density at radius 1 is 0.926 bits per heavy atom. The third-order valence-corrected chi connectivity index (χ3v) is 5.29. The molecule has 27 heavy (non-hydrogen) atoms. The van der Waals surface area contributed by atoms with Crippen LogP contribution in [0.5, 0.6) is 5.75 Å². The molecule has 1 aliphatic rings. The predicted octanol–water partition coefficient (Wildman–Crippen LogP) is 5.44. The first-order valence-electron chi connectivity index (χ1n) is 8.95. The average Bonchev–Trinajstić information content (AvgIpc) is 2.68. The average molecular weight is 421 g/mol. The summed E-state index contributed by atoms with van der Waals surface area (Å²) in [7, 11) is 0. The van der Waals surface area contributed by atoms with E-state index >= 15 is 0 Å². The zero-order valence-corrected chi connectivity index (χ0v) is 16.6. The number of phenolic OH excluding ortho intramolecular Hbond substituents is 1. The smallest absolute Gasteiger partial charge is 0.120 e. The van der Waals surface area contributed by atoms with Gasteiger partial charge in [-0.15, -0.1) is 0 Å². The number of nitrogens with one attached hydrogen (secondary N) is 2. The minimum Gasteiger partial charge on any atom is -0.508 e. The SMILES string of the molecule is Cc1ccc(C2NC(c3cccc(Br)c3)=CC(c3ccccc3O)N2)cc1. The molecule has 4 heteroatoms. The van der Waals surface area contributed by atoms with Crippen LogP contribution in [-0.2, 0) is 0 Å². The van der Waals surface area contributed by atoms with Crippen molar-refractivity contribution in [2.24, 2.45) is 0 Å². The maximum Gasteiger partial charge on any atom is 0.120 e. The Kier molecular flexibility index (Phi) is 5.01. The minimum atomic E-state index is -0.104. The number of phenols is 1. The first-order valence-corrected chi connectivity index (χ1v) is 9.74. The van der Waals surface area contributed by atoms with Gasteiger partial charge in [0.25, 0.3) is 0 Å². The summed E-state index contributed by atoms with van der Waals surface area (Å²) in [4.78, 5) is 0. The van der Waals surface area contributed by atoms with Crippen molar-refractivity contribution in [2.75, 3.05) is 0 Å². The first-order chi connectivity index (χ1) is 13.1. The van der Waals surface area contributed by atoms with E-state index in [-0.39, 0.29) is 12.2 Å². The molecule has 0 fully saturated rings. The Hall–Kier alpha value is -2.56. The standard InChI is InChI=1S/C23H21BrN2O/c1-15-9-11-16(12-10-15)23-25-20(17-5-4-6-18(24)13-17)14-21(26-23)19-7-2-3-8-22(19)27/h2-14,21,23,25-27H,1H3. The van der Waals surface area contributed by atoms with E-state index in [9.17, 15) is 5.11 Å². The topological polar surface area (TPSA) is 44.3 Å². The van der Waals surface area contributed by atoms with Gasteiger partial charge in [0.1, 0.15) is 11.9 Å². The van der Waals surface area contributed by atoms with Crippen LogP contribution in [0.25, 0.3) is 5.70 Å². The Morgan fingerprint density at radius 3 is 2.44 bits per heavy atom. The molecule has 0 aromatic heterocycles. The molecule has 136 valence electrons. The van der Waals surface area contributed by atoms with Gasteiger partial charge in [-0.25, -0.2) is 0 Å². The van der Waals surface area contributed by atoms with Crippen LogP contribution in [0.2, 0.25) is 0 Å². The molecule has 0 bridgehead atoms. The number of hydrogen-bond donors (Lipinski definition) is 3. The fraction of sp³-hybridized carbons (Fsp3) is 0.130. The fourth-order valence-corrected chi connectivity index (χ4v) is 3.74.